The molecule has 3 unspecified atom stereocenters. The molecule has 1 aliphatic carbocycles. The summed E-state index contributed by atoms with van der Waals surface area (Å²) in [6, 6.07) is 0. The van der Waals surface area contributed by atoms with E-state index in [9.17, 15) is 4.79 Å². The monoisotopic (exact) mass is 342 g/mol. The second-order valence-corrected chi connectivity index (χ2v) is 6.18. The van der Waals surface area contributed by atoms with Crippen LogP contribution in [0.15, 0.2) is 12.7 Å². The molecule has 0 spiro atoms. The average molecular weight is 342 g/mol. The summed E-state index contributed by atoms with van der Waals surface area (Å²) in [6.07, 6.45) is 6.21. The smallest absolute Gasteiger partial charge is 0.407 e. The number of hydrogen-bond donors (Lipinski definition) is 2. The fourth-order valence-electron chi connectivity index (χ4n) is 3.13. The van der Waals surface area contributed by atoms with Crippen molar-refractivity contribution in [3.8, 4) is 0 Å². The van der Waals surface area contributed by atoms with Crippen LogP contribution < -0.4 is 11.1 Å². The van der Waals surface area contributed by atoms with Gasteiger partial charge in [0.2, 0.25) is 0 Å². The molecule has 0 aromatic rings. The van der Waals surface area contributed by atoms with Gasteiger partial charge < -0.3 is 25.3 Å². The zero-order valence-corrected chi connectivity index (χ0v) is 15.0. The van der Waals surface area contributed by atoms with E-state index in [2.05, 4.69) is 18.8 Å². The highest BCUT2D eigenvalue weighted by Crippen LogP contribution is 2.52. The van der Waals surface area contributed by atoms with Crippen LogP contribution in [-0.4, -0.2) is 52.2 Å². The number of nitrogens with one attached hydrogen (secondary N) is 1. The van der Waals surface area contributed by atoms with Gasteiger partial charge in [-0.15, -0.1) is 6.58 Å². The number of rotatable bonds is 15. The molecule has 1 amide bonds. The molecule has 0 aromatic heterocycles. The van der Waals surface area contributed by atoms with Gasteiger partial charge in [-0.05, 0) is 30.6 Å². The predicted octanol–water partition coefficient (Wildman–Crippen LogP) is 2.33. The van der Waals surface area contributed by atoms with Crippen molar-refractivity contribution in [1.29, 1.82) is 0 Å². The van der Waals surface area contributed by atoms with E-state index in [0.29, 0.717) is 63.9 Å². The Balaban J connectivity index is 2.01. The number of allylic oxidation sites excluding steroid dienone is 1. The summed E-state index contributed by atoms with van der Waals surface area (Å²) in [6.45, 7) is 9.48. The molecule has 0 saturated heterocycles. The fourth-order valence-corrected chi connectivity index (χ4v) is 3.13. The fraction of sp³-hybridized carbons (Fsp3) is 0.833. The van der Waals surface area contributed by atoms with Crippen molar-refractivity contribution in [2.24, 2.45) is 23.5 Å². The molecule has 0 heterocycles. The summed E-state index contributed by atoms with van der Waals surface area (Å²) in [5.41, 5.74) is 5.30. The second kappa shape index (κ2) is 13.2. The molecule has 140 valence electrons. The van der Waals surface area contributed by atoms with Gasteiger partial charge in [-0.3, -0.25) is 0 Å². The molecular weight excluding hydrogens is 308 g/mol. The third-order valence-corrected chi connectivity index (χ3v) is 4.39. The first-order chi connectivity index (χ1) is 11.7. The minimum atomic E-state index is -0.359. The van der Waals surface area contributed by atoms with E-state index in [-0.39, 0.29) is 6.09 Å². The molecule has 3 atom stereocenters. The number of carbonyl (C=O) groups excluding carboxylic acids is 1. The van der Waals surface area contributed by atoms with E-state index in [4.69, 9.17) is 19.9 Å². The van der Waals surface area contributed by atoms with Gasteiger partial charge in [0.15, 0.2) is 0 Å². The number of alkyl carbamates (subject to hydrolysis) is 1. The van der Waals surface area contributed by atoms with Crippen molar-refractivity contribution in [2.45, 2.75) is 32.6 Å². The van der Waals surface area contributed by atoms with Crippen LogP contribution in [0.3, 0.4) is 0 Å². The van der Waals surface area contributed by atoms with Gasteiger partial charge in [-0.1, -0.05) is 25.8 Å². The number of ether oxygens (including phenoxy) is 3. The molecule has 0 radical (unpaired) electrons. The Bertz CT molecular complexity index is 352. The Kier molecular flexibility index (Phi) is 11.5. The maximum absolute atomic E-state index is 11.7. The van der Waals surface area contributed by atoms with E-state index in [0.717, 1.165) is 12.8 Å². The molecule has 0 aromatic carbocycles. The molecule has 1 fully saturated rings. The quantitative estimate of drug-likeness (QED) is 0.352. The van der Waals surface area contributed by atoms with E-state index < -0.39 is 0 Å². The Labute approximate surface area is 146 Å². The Hall–Kier alpha value is -1.11. The highest BCUT2D eigenvalue weighted by atomic mass is 16.6. The highest BCUT2D eigenvalue weighted by Gasteiger charge is 2.48. The predicted molar refractivity (Wildman–Crippen MR) is 94.9 cm³/mol. The van der Waals surface area contributed by atoms with Crippen LogP contribution >= 0.6 is 0 Å². The van der Waals surface area contributed by atoms with E-state index in [1.54, 1.807) is 0 Å². The standard InChI is InChI=1S/C18H34N2O4/c1-3-5-7-16-15(6-4-2)17(16)14-24-18(21)20-9-11-23-13-12-22-10-8-19/h3,15-17H,1,4-14,19H2,2H3,(H,20,21). The zero-order chi connectivity index (χ0) is 17.6. The second-order valence-electron chi connectivity index (χ2n) is 6.18. The van der Waals surface area contributed by atoms with Gasteiger partial charge in [-0.2, -0.15) is 0 Å². The summed E-state index contributed by atoms with van der Waals surface area (Å²) in [5, 5.41) is 2.71. The topological polar surface area (TPSA) is 82.8 Å². The number of nitrogens with two attached hydrogens (primary N) is 1. The number of carbonyl (C=O) groups is 1. The maximum Gasteiger partial charge on any atom is 0.407 e. The minimum absolute atomic E-state index is 0.359. The van der Waals surface area contributed by atoms with Crippen molar-refractivity contribution in [2.75, 3.05) is 46.1 Å². The van der Waals surface area contributed by atoms with Crippen LogP contribution in [-0.2, 0) is 14.2 Å². The first kappa shape index (κ1) is 20.9. The van der Waals surface area contributed by atoms with Crippen molar-refractivity contribution >= 4 is 6.09 Å². The lowest BCUT2D eigenvalue weighted by molar-refractivity contribution is 0.0511. The van der Waals surface area contributed by atoms with Gasteiger partial charge in [0, 0.05) is 13.1 Å². The van der Waals surface area contributed by atoms with E-state index >= 15 is 0 Å². The Morgan fingerprint density at radius 1 is 1.12 bits per heavy atom. The van der Waals surface area contributed by atoms with Crippen LogP contribution in [0.25, 0.3) is 0 Å². The summed E-state index contributed by atoms with van der Waals surface area (Å²) in [4.78, 5) is 11.7. The van der Waals surface area contributed by atoms with Crippen LogP contribution in [0.5, 0.6) is 0 Å². The lowest BCUT2D eigenvalue weighted by atomic mass is 10.1. The average Bonchev–Trinajstić information content (AvgIpc) is 3.25. The molecule has 0 bridgehead atoms. The van der Waals surface area contributed by atoms with Gasteiger partial charge in [0.1, 0.15) is 0 Å². The number of amides is 1. The lowest BCUT2D eigenvalue weighted by Gasteiger charge is -2.08. The van der Waals surface area contributed by atoms with Crippen LogP contribution in [0, 0.1) is 17.8 Å². The summed E-state index contributed by atoms with van der Waals surface area (Å²) in [5.74, 6) is 1.92. The molecule has 0 aliphatic heterocycles. The van der Waals surface area contributed by atoms with Crippen molar-refractivity contribution < 1.29 is 19.0 Å². The summed E-state index contributed by atoms with van der Waals surface area (Å²) in [7, 11) is 0. The number of hydrogen-bond acceptors (Lipinski definition) is 5. The molecule has 3 N–H and O–H groups in total. The molecule has 1 saturated carbocycles. The summed E-state index contributed by atoms with van der Waals surface area (Å²) >= 11 is 0. The van der Waals surface area contributed by atoms with Crippen LogP contribution in [0.4, 0.5) is 4.79 Å². The zero-order valence-electron chi connectivity index (χ0n) is 15.0. The van der Waals surface area contributed by atoms with Gasteiger partial charge in [-0.25, -0.2) is 4.79 Å². The maximum atomic E-state index is 11.7. The Morgan fingerprint density at radius 2 is 1.83 bits per heavy atom. The van der Waals surface area contributed by atoms with Gasteiger partial charge >= 0.3 is 6.09 Å². The molecule has 1 aliphatic rings. The SMILES string of the molecule is C=CCCC1C(CCC)C1COC(=O)NCCOCCOCCN. The first-order valence-electron chi connectivity index (χ1n) is 9.11. The van der Waals surface area contributed by atoms with E-state index in [1.165, 1.54) is 12.8 Å². The van der Waals surface area contributed by atoms with Crippen LogP contribution in [0.1, 0.15) is 32.6 Å². The van der Waals surface area contributed by atoms with Gasteiger partial charge in [0.05, 0.1) is 33.0 Å². The molecule has 1 rings (SSSR count). The highest BCUT2D eigenvalue weighted by molar-refractivity contribution is 5.67. The van der Waals surface area contributed by atoms with E-state index in [1.807, 2.05) is 6.08 Å². The van der Waals surface area contributed by atoms with Crippen molar-refractivity contribution in [3.05, 3.63) is 12.7 Å². The lowest BCUT2D eigenvalue weighted by Crippen LogP contribution is -2.29. The molecular formula is C18H34N2O4. The molecule has 24 heavy (non-hydrogen) atoms. The Morgan fingerprint density at radius 3 is 2.50 bits per heavy atom. The van der Waals surface area contributed by atoms with Crippen molar-refractivity contribution in [3.63, 3.8) is 0 Å². The molecule has 6 heteroatoms. The summed E-state index contributed by atoms with van der Waals surface area (Å²) < 4.78 is 15.9. The van der Waals surface area contributed by atoms with Crippen molar-refractivity contribution in [1.82, 2.24) is 5.32 Å². The van der Waals surface area contributed by atoms with Gasteiger partial charge in [0.25, 0.3) is 0 Å². The third-order valence-electron chi connectivity index (χ3n) is 4.39. The first-order valence-corrected chi connectivity index (χ1v) is 9.11. The largest absolute Gasteiger partial charge is 0.449 e. The normalized spacial score (nSPS) is 22.2. The third kappa shape index (κ3) is 8.66. The minimum Gasteiger partial charge on any atom is -0.449 e. The van der Waals surface area contributed by atoms with Crippen LogP contribution in [0.2, 0.25) is 0 Å². The molecule has 6 nitrogen and oxygen atoms in total.